The van der Waals surface area contributed by atoms with E-state index in [0.29, 0.717) is 19.0 Å². The van der Waals surface area contributed by atoms with Gasteiger partial charge >= 0.3 is 6.09 Å². The Kier molecular flexibility index (Phi) is 4.45. The predicted molar refractivity (Wildman–Crippen MR) is 90.1 cm³/mol. The largest absolute Gasteiger partial charge is 0.465 e. The molecule has 1 amide bonds. The molecule has 0 radical (unpaired) electrons. The third-order valence-corrected chi connectivity index (χ3v) is 4.89. The van der Waals surface area contributed by atoms with Crippen molar-refractivity contribution in [3.05, 3.63) is 23.9 Å². The highest BCUT2D eigenvalue weighted by molar-refractivity contribution is 5.90. The number of anilines is 1. The number of carbonyl (C=O) groups is 2. The third-order valence-electron chi connectivity index (χ3n) is 4.89. The molecule has 2 fully saturated rings. The zero-order valence-corrected chi connectivity index (χ0v) is 14.2. The molecule has 130 valence electrons. The number of aromatic nitrogens is 1. The quantitative estimate of drug-likeness (QED) is 0.849. The summed E-state index contributed by atoms with van der Waals surface area (Å²) in [5, 5.41) is 12.9. The number of hydrogen-bond donors (Lipinski definition) is 2. The van der Waals surface area contributed by atoms with Gasteiger partial charge in [0, 0.05) is 25.8 Å². The fraction of sp³-hybridized carbons (Fsp3) is 0.588. The van der Waals surface area contributed by atoms with Gasteiger partial charge in [-0.25, -0.2) is 9.78 Å². The molecule has 0 aromatic carbocycles. The number of amides is 1. The van der Waals surface area contributed by atoms with Gasteiger partial charge in [-0.15, -0.1) is 0 Å². The van der Waals surface area contributed by atoms with Gasteiger partial charge in [0.2, 0.25) is 0 Å². The van der Waals surface area contributed by atoms with Crippen LogP contribution in [0.15, 0.2) is 18.3 Å². The molecular weight excluding hydrogens is 308 g/mol. The van der Waals surface area contributed by atoms with Gasteiger partial charge < -0.3 is 10.0 Å². The summed E-state index contributed by atoms with van der Waals surface area (Å²) < 4.78 is 0. The maximum atomic E-state index is 12.5. The van der Waals surface area contributed by atoms with E-state index in [1.165, 1.54) is 11.8 Å². The highest BCUT2D eigenvalue weighted by atomic mass is 16.4. The lowest BCUT2D eigenvalue weighted by atomic mass is 9.99. The van der Waals surface area contributed by atoms with Crippen molar-refractivity contribution in [2.24, 2.45) is 5.92 Å². The van der Waals surface area contributed by atoms with Crippen LogP contribution in [0.2, 0.25) is 0 Å². The summed E-state index contributed by atoms with van der Waals surface area (Å²) >= 11 is 0. The highest BCUT2D eigenvalue weighted by Crippen LogP contribution is 2.30. The molecule has 1 aromatic rings. The van der Waals surface area contributed by atoms with E-state index < -0.39 is 11.8 Å². The molecule has 2 heterocycles. The first-order valence-electron chi connectivity index (χ1n) is 8.36. The van der Waals surface area contributed by atoms with E-state index in [1.54, 1.807) is 6.20 Å². The van der Waals surface area contributed by atoms with Crippen LogP contribution < -0.4 is 10.2 Å². The van der Waals surface area contributed by atoms with Crippen LogP contribution in [0.1, 0.15) is 25.3 Å². The van der Waals surface area contributed by atoms with Crippen LogP contribution in [0.3, 0.4) is 0 Å². The van der Waals surface area contributed by atoms with Crippen LogP contribution >= 0.6 is 0 Å². The van der Waals surface area contributed by atoms with Gasteiger partial charge in [-0.2, -0.15) is 0 Å². The topological polar surface area (TPSA) is 85.8 Å². The molecule has 3 rings (SSSR count). The third kappa shape index (κ3) is 3.21. The van der Waals surface area contributed by atoms with Gasteiger partial charge in [0.15, 0.2) is 11.4 Å². The first-order chi connectivity index (χ1) is 11.4. The summed E-state index contributed by atoms with van der Waals surface area (Å²) in [7, 11) is 0. The van der Waals surface area contributed by atoms with Gasteiger partial charge in [0.1, 0.15) is 5.82 Å². The summed E-state index contributed by atoms with van der Waals surface area (Å²) in [6.07, 6.45) is 2.99. The van der Waals surface area contributed by atoms with Crippen LogP contribution in [0.25, 0.3) is 0 Å². The van der Waals surface area contributed by atoms with E-state index in [4.69, 9.17) is 0 Å². The fourth-order valence-electron chi connectivity index (χ4n) is 3.17. The second kappa shape index (κ2) is 6.39. The molecule has 1 atom stereocenters. The lowest BCUT2D eigenvalue weighted by Gasteiger charge is -2.48. The minimum absolute atomic E-state index is 0.178. The average molecular weight is 332 g/mol. The Balaban J connectivity index is 1.87. The van der Waals surface area contributed by atoms with Crippen molar-refractivity contribution in [3.63, 3.8) is 0 Å². The van der Waals surface area contributed by atoms with Gasteiger partial charge in [-0.3, -0.25) is 15.0 Å². The summed E-state index contributed by atoms with van der Waals surface area (Å²) in [5.41, 5.74) is -0.146. The molecule has 2 aliphatic rings. The van der Waals surface area contributed by atoms with Crippen molar-refractivity contribution in [1.82, 2.24) is 15.2 Å². The summed E-state index contributed by atoms with van der Waals surface area (Å²) in [4.78, 5) is 31.9. The molecular formula is C17H24N4O3. The number of pyridine rings is 1. The minimum Gasteiger partial charge on any atom is -0.465 e. The molecule has 1 aliphatic carbocycles. The number of Topliss-reactive ketones (excluding diaryl/α,β-unsaturated/α-hetero) is 1. The number of hydrogen-bond acceptors (Lipinski definition) is 5. The smallest absolute Gasteiger partial charge is 0.409 e. The second-order valence-corrected chi connectivity index (χ2v) is 6.79. The first kappa shape index (κ1) is 16.7. The van der Waals surface area contributed by atoms with E-state index in [2.05, 4.69) is 10.3 Å². The van der Waals surface area contributed by atoms with Crippen LogP contribution in [0.4, 0.5) is 10.6 Å². The predicted octanol–water partition coefficient (Wildman–Crippen LogP) is 1.47. The van der Waals surface area contributed by atoms with E-state index >= 15 is 0 Å². The molecule has 24 heavy (non-hydrogen) atoms. The maximum absolute atomic E-state index is 12.5. The average Bonchev–Trinajstić information content (AvgIpc) is 3.37. The lowest BCUT2D eigenvalue weighted by molar-refractivity contribution is -0.130. The number of nitrogens with zero attached hydrogens (tertiary/aromatic N) is 3. The fourth-order valence-corrected chi connectivity index (χ4v) is 3.17. The Morgan fingerprint density at radius 1 is 1.38 bits per heavy atom. The molecule has 7 nitrogen and oxygen atoms in total. The SMILES string of the molecule is CC(=O)C1(NCC2CC2)CN(c2ccc(C)cn2)CCN1C(=O)O. The van der Waals surface area contributed by atoms with Crippen molar-refractivity contribution < 1.29 is 14.7 Å². The molecule has 1 aromatic heterocycles. The van der Waals surface area contributed by atoms with Crippen molar-refractivity contribution >= 4 is 17.7 Å². The number of piperazine rings is 1. The second-order valence-electron chi connectivity index (χ2n) is 6.79. The van der Waals surface area contributed by atoms with E-state index in [-0.39, 0.29) is 18.9 Å². The number of carboxylic acid groups (broad SMARTS) is 1. The summed E-state index contributed by atoms with van der Waals surface area (Å²) in [6.45, 7) is 5.15. The van der Waals surface area contributed by atoms with Crippen molar-refractivity contribution in [3.8, 4) is 0 Å². The Bertz CT molecular complexity index is 629. The van der Waals surface area contributed by atoms with E-state index in [0.717, 1.165) is 24.2 Å². The van der Waals surface area contributed by atoms with Crippen LogP contribution in [-0.4, -0.2) is 58.7 Å². The number of nitrogens with one attached hydrogen (secondary N) is 1. The van der Waals surface area contributed by atoms with E-state index in [9.17, 15) is 14.7 Å². The molecule has 1 unspecified atom stereocenters. The minimum atomic E-state index is -1.21. The van der Waals surface area contributed by atoms with Crippen LogP contribution in [0.5, 0.6) is 0 Å². The van der Waals surface area contributed by atoms with Crippen molar-refractivity contribution in [2.45, 2.75) is 32.4 Å². The van der Waals surface area contributed by atoms with Gasteiger partial charge in [-0.1, -0.05) is 6.07 Å². The molecule has 2 N–H and O–H groups in total. The van der Waals surface area contributed by atoms with Gasteiger partial charge in [-0.05, 0) is 44.2 Å². The number of rotatable bonds is 5. The molecule has 1 saturated heterocycles. The standard InChI is InChI=1S/C17H24N4O3/c1-12-3-6-15(18-9-12)20-7-8-21(16(23)24)17(11-20,13(2)22)19-10-14-4-5-14/h3,6,9,14,19H,4-5,7-8,10-11H2,1-2H3,(H,23,24). The molecule has 1 aliphatic heterocycles. The van der Waals surface area contributed by atoms with Gasteiger partial charge in [0.25, 0.3) is 0 Å². The Labute approximate surface area is 141 Å². The zero-order chi connectivity index (χ0) is 17.3. The zero-order valence-electron chi connectivity index (χ0n) is 14.2. The number of ketones is 1. The van der Waals surface area contributed by atoms with E-state index in [1.807, 2.05) is 24.0 Å². The molecule has 0 spiro atoms. The summed E-state index contributed by atoms with van der Waals surface area (Å²) in [5.74, 6) is 1.14. The van der Waals surface area contributed by atoms with Crippen molar-refractivity contribution in [1.29, 1.82) is 0 Å². The number of carbonyl (C=O) groups excluding carboxylic acids is 1. The van der Waals surface area contributed by atoms with Crippen molar-refractivity contribution in [2.75, 3.05) is 31.1 Å². The molecule has 7 heteroatoms. The Morgan fingerprint density at radius 2 is 2.12 bits per heavy atom. The Hall–Kier alpha value is -2.15. The number of aryl methyl sites for hydroxylation is 1. The van der Waals surface area contributed by atoms with Crippen LogP contribution in [0, 0.1) is 12.8 Å². The van der Waals surface area contributed by atoms with Gasteiger partial charge in [0.05, 0.1) is 6.54 Å². The Morgan fingerprint density at radius 3 is 2.67 bits per heavy atom. The maximum Gasteiger partial charge on any atom is 0.409 e. The van der Waals surface area contributed by atoms with Crippen LogP contribution in [-0.2, 0) is 4.79 Å². The lowest BCUT2D eigenvalue weighted by Crippen LogP contribution is -2.74. The first-order valence-corrected chi connectivity index (χ1v) is 8.36. The summed E-state index contributed by atoms with van der Waals surface area (Å²) in [6, 6.07) is 3.89. The highest BCUT2D eigenvalue weighted by Gasteiger charge is 2.49. The monoisotopic (exact) mass is 332 g/mol. The molecule has 1 saturated carbocycles. The normalized spacial score (nSPS) is 24.1. The molecule has 0 bridgehead atoms.